The summed E-state index contributed by atoms with van der Waals surface area (Å²) in [6.45, 7) is 0. The van der Waals surface area contributed by atoms with Crippen molar-refractivity contribution in [3.63, 3.8) is 0 Å². The number of aromatic nitrogens is 2. The van der Waals surface area contributed by atoms with Gasteiger partial charge in [-0.25, -0.2) is 9.97 Å². The van der Waals surface area contributed by atoms with Crippen LogP contribution >= 0.6 is 0 Å². The summed E-state index contributed by atoms with van der Waals surface area (Å²) in [6.07, 6.45) is 10.2. The number of aliphatic hydroxyl groups is 1. The van der Waals surface area contributed by atoms with Gasteiger partial charge >= 0.3 is 0 Å². The number of rotatable bonds is 3. The Labute approximate surface area is 90.6 Å². The van der Waals surface area contributed by atoms with Crippen molar-refractivity contribution in [2.24, 2.45) is 5.92 Å². The van der Waals surface area contributed by atoms with Gasteiger partial charge in [-0.15, -0.1) is 0 Å². The predicted molar refractivity (Wildman–Crippen MR) is 58.2 cm³/mol. The van der Waals surface area contributed by atoms with E-state index in [0.717, 1.165) is 6.42 Å². The fraction of sp³-hybridized carbons (Fsp3) is 0.667. The first-order valence-electron chi connectivity index (χ1n) is 5.81. The molecule has 3 nitrogen and oxygen atoms in total. The third kappa shape index (κ3) is 2.99. The van der Waals surface area contributed by atoms with Crippen molar-refractivity contribution < 1.29 is 5.11 Å². The first kappa shape index (κ1) is 10.6. The molecule has 1 saturated carbocycles. The van der Waals surface area contributed by atoms with Crippen molar-refractivity contribution in [3.8, 4) is 0 Å². The van der Waals surface area contributed by atoms with Crippen LogP contribution in [0.25, 0.3) is 0 Å². The molecular formula is C12H18N2O. The molecule has 82 valence electrons. The van der Waals surface area contributed by atoms with Crippen molar-refractivity contribution in [1.29, 1.82) is 0 Å². The monoisotopic (exact) mass is 206 g/mol. The van der Waals surface area contributed by atoms with E-state index < -0.39 is 6.10 Å². The molecule has 0 aliphatic heterocycles. The minimum atomic E-state index is -0.478. The molecule has 1 aliphatic rings. The van der Waals surface area contributed by atoms with Crippen molar-refractivity contribution in [2.75, 3.05) is 0 Å². The number of hydrogen-bond donors (Lipinski definition) is 1. The Morgan fingerprint density at radius 1 is 1.20 bits per heavy atom. The molecule has 1 aliphatic carbocycles. The first-order valence-corrected chi connectivity index (χ1v) is 5.81. The molecule has 15 heavy (non-hydrogen) atoms. The molecule has 1 aromatic rings. The van der Waals surface area contributed by atoms with E-state index in [2.05, 4.69) is 9.97 Å². The lowest BCUT2D eigenvalue weighted by Gasteiger charge is -2.23. The average Bonchev–Trinajstić information content (AvgIpc) is 2.31. The molecule has 2 rings (SSSR count). The summed E-state index contributed by atoms with van der Waals surface area (Å²) in [6, 6.07) is 1.77. The minimum Gasteiger partial charge on any atom is -0.385 e. The zero-order chi connectivity index (χ0) is 10.5. The standard InChI is InChI=1S/C12H18N2O/c15-11(12-13-7-4-8-14-12)9-10-5-2-1-3-6-10/h4,7-8,10-11,15H,1-3,5-6,9H2. The lowest BCUT2D eigenvalue weighted by atomic mass is 9.85. The van der Waals surface area contributed by atoms with Gasteiger partial charge in [-0.2, -0.15) is 0 Å². The molecule has 1 aromatic heterocycles. The van der Waals surface area contributed by atoms with Gasteiger partial charge in [0, 0.05) is 12.4 Å². The molecule has 0 amide bonds. The quantitative estimate of drug-likeness (QED) is 0.826. The molecule has 0 spiro atoms. The van der Waals surface area contributed by atoms with Gasteiger partial charge in [0.1, 0.15) is 6.10 Å². The zero-order valence-electron chi connectivity index (χ0n) is 8.97. The molecule has 1 N–H and O–H groups in total. The van der Waals surface area contributed by atoms with E-state index in [-0.39, 0.29) is 0 Å². The average molecular weight is 206 g/mol. The molecule has 1 fully saturated rings. The maximum atomic E-state index is 9.95. The van der Waals surface area contributed by atoms with Crippen LogP contribution < -0.4 is 0 Å². The summed E-state index contributed by atoms with van der Waals surface area (Å²) in [5.41, 5.74) is 0. The SMILES string of the molecule is OC(CC1CCCCC1)c1ncccn1. The van der Waals surface area contributed by atoms with Gasteiger partial charge in [-0.1, -0.05) is 32.1 Å². The van der Waals surface area contributed by atoms with E-state index in [1.807, 2.05) is 0 Å². The Bertz CT molecular complexity index is 283. The third-order valence-corrected chi connectivity index (χ3v) is 3.17. The highest BCUT2D eigenvalue weighted by molar-refractivity contribution is 4.93. The lowest BCUT2D eigenvalue weighted by Crippen LogP contribution is -2.12. The van der Waals surface area contributed by atoms with Gasteiger partial charge < -0.3 is 5.11 Å². The van der Waals surface area contributed by atoms with Crippen LogP contribution in [-0.2, 0) is 0 Å². The Morgan fingerprint density at radius 2 is 1.87 bits per heavy atom. The maximum absolute atomic E-state index is 9.95. The van der Waals surface area contributed by atoms with E-state index in [1.54, 1.807) is 18.5 Å². The van der Waals surface area contributed by atoms with Gasteiger partial charge in [0.2, 0.25) is 0 Å². The highest BCUT2D eigenvalue weighted by Gasteiger charge is 2.19. The third-order valence-electron chi connectivity index (χ3n) is 3.17. The highest BCUT2D eigenvalue weighted by Crippen LogP contribution is 2.30. The smallest absolute Gasteiger partial charge is 0.156 e. The van der Waals surface area contributed by atoms with E-state index in [1.165, 1.54) is 32.1 Å². The van der Waals surface area contributed by atoms with E-state index in [0.29, 0.717) is 11.7 Å². The molecule has 0 saturated heterocycles. The summed E-state index contributed by atoms with van der Waals surface area (Å²) in [5.74, 6) is 1.24. The Kier molecular flexibility index (Phi) is 3.67. The van der Waals surface area contributed by atoms with Gasteiger partial charge in [0.05, 0.1) is 0 Å². The van der Waals surface area contributed by atoms with E-state index >= 15 is 0 Å². The molecule has 0 radical (unpaired) electrons. The second-order valence-electron chi connectivity index (χ2n) is 4.36. The molecule has 1 atom stereocenters. The summed E-state index contributed by atoms with van der Waals surface area (Å²) in [4.78, 5) is 8.17. The largest absolute Gasteiger partial charge is 0.385 e. The predicted octanol–water partition coefficient (Wildman–Crippen LogP) is 2.48. The van der Waals surface area contributed by atoms with Gasteiger partial charge in [-0.3, -0.25) is 0 Å². The Balaban J connectivity index is 1.88. The minimum absolute atomic E-state index is 0.478. The molecule has 0 aromatic carbocycles. The van der Waals surface area contributed by atoms with Gasteiger partial charge in [0.25, 0.3) is 0 Å². The van der Waals surface area contributed by atoms with Crippen LogP contribution in [0.2, 0.25) is 0 Å². The summed E-state index contributed by atoms with van der Waals surface area (Å²) in [5, 5.41) is 9.95. The molecule has 3 heteroatoms. The van der Waals surface area contributed by atoms with Gasteiger partial charge in [-0.05, 0) is 18.4 Å². The van der Waals surface area contributed by atoms with E-state index in [9.17, 15) is 5.11 Å². The lowest BCUT2D eigenvalue weighted by molar-refractivity contribution is 0.123. The van der Waals surface area contributed by atoms with Crippen LogP contribution in [-0.4, -0.2) is 15.1 Å². The fourth-order valence-electron chi connectivity index (χ4n) is 2.33. The Hall–Kier alpha value is -0.960. The van der Waals surface area contributed by atoms with Crippen LogP contribution in [0.5, 0.6) is 0 Å². The molecular weight excluding hydrogens is 188 g/mol. The highest BCUT2D eigenvalue weighted by atomic mass is 16.3. The van der Waals surface area contributed by atoms with Crippen LogP contribution in [0.4, 0.5) is 0 Å². The van der Waals surface area contributed by atoms with Gasteiger partial charge in [0.15, 0.2) is 5.82 Å². The van der Waals surface area contributed by atoms with Crippen molar-refractivity contribution in [1.82, 2.24) is 9.97 Å². The number of aliphatic hydroxyl groups excluding tert-OH is 1. The number of nitrogens with zero attached hydrogens (tertiary/aromatic N) is 2. The van der Waals surface area contributed by atoms with Crippen molar-refractivity contribution >= 4 is 0 Å². The molecule has 0 bridgehead atoms. The van der Waals surface area contributed by atoms with Crippen molar-refractivity contribution in [3.05, 3.63) is 24.3 Å². The summed E-state index contributed by atoms with van der Waals surface area (Å²) >= 11 is 0. The topological polar surface area (TPSA) is 46.0 Å². The second kappa shape index (κ2) is 5.21. The number of hydrogen-bond acceptors (Lipinski definition) is 3. The second-order valence-corrected chi connectivity index (χ2v) is 4.36. The normalized spacial score (nSPS) is 20.1. The Morgan fingerprint density at radius 3 is 2.53 bits per heavy atom. The first-order chi connectivity index (χ1) is 7.36. The van der Waals surface area contributed by atoms with E-state index in [4.69, 9.17) is 0 Å². The van der Waals surface area contributed by atoms with Crippen LogP contribution in [0.3, 0.4) is 0 Å². The van der Waals surface area contributed by atoms with Crippen LogP contribution in [0.15, 0.2) is 18.5 Å². The molecule has 1 heterocycles. The zero-order valence-corrected chi connectivity index (χ0v) is 8.97. The maximum Gasteiger partial charge on any atom is 0.156 e. The van der Waals surface area contributed by atoms with Crippen LogP contribution in [0.1, 0.15) is 50.5 Å². The van der Waals surface area contributed by atoms with Crippen molar-refractivity contribution in [2.45, 2.75) is 44.6 Å². The van der Waals surface area contributed by atoms with Crippen LogP contribution in [0, 0.1) is 5.92 Å². The molecule has 1 unspecified atom stereocenters. The summed E-state index contributed by atoms with van der Waals surface area (Å²) < 4.78 is 0. The summed E-state index contributed by atoms with van der Waals surface area (Å²) in [7, 11) is 0. The fourth-order valence-corrected chi connectivity index (χ4v) is 2.33.